The van der Waals surface area contributed by atoms with Gasteiger partial charge in [-0.3, -0.25) is 4.79 Å². The van der Waals surface area contributed by atoms with Gasteiger partial charge in [0.15, 0.2) is 0 Å². The molecule has 0 amide bonds. The molecule has 0 saturated heterocycles. The first-order valence-corrected chi connectivity index (χ1v) is 6.66. The highest BCUT2D eigenvalue weighted by Crippen LogP contribution is 2.32. The summed E-state index contributed by atoms with van der Waals surface area (Å²) in [6.07, 6.45) is 10.8. The van der Waals surface area contributed by atoms with Crippen molar-refractivity contribution in [2.45, 2.75) is 75.9 Å². The molecule has 2 rings (SSSR count). The first-order chi connectivity index (χ1) is 7.68. The third-order valence-electron chi connectivity index (χ3n) is 3.95. The fourth-order valence-corrected chi connectivity index (χ4v) is 2.68. The first-order valence-electron chi connectivity index (χ1n) is 6.66. The van der Waals surface area contributed by atoms with Crippen LogP contribution in [0.5, 0.6) is 0 Å². The van der Waals surface area contributed by atoms with E-state index in [0.717, 1.165) is 32.1 Å². The van der Waals surface area contributed by atoms with Gasteiger partial charge in [0.2, 0.25) is 0 Å². The molecule has 0 aliphatic heterocycles. The van der Waals surface area contributed by atoms with Gasteiger partial charge in [0.1, 0.15) is 6.10 Å². The third kappa shape index (κ3) is 3.21. The molecule has 0 spiro atoms. The summed E-state index contributed by atoms with van der Waals surface area (Å²) in [7, 11) is 0. The van der Waals surface area contributed by atoms with Crippen LogP contribution in [0.1, 0.15) is 64.2 Å². The number of hydrogen-bond donors (Lipinski definition) is 1. The van der Waals surface area contributed by atoms with E-state index in [1.807, 2.05) is 0 Å². The van der Waals surface area contributed by atoms with Gasteiger partial charge in [-0.15, -0.1) is 0 Å². The van der Waals surface area contributed by atoms with Crippen LogP contribution in [0.25, 0.3) is 0 Å². The molecule has 2 saturated carbocycles. The molecular weight excluding hydrogens is 202 g/mol. The van der Waals surface area contributed by atoms with Gasteiger partial charge >= 0.3 is 5.97 Å². The highest BCUT2D eigenvalue weighted by atomic mass is 16.5. The van der Waals surface area contributed by atoms with Crippen molar-refractivity contribution in [3.05, 3.63) is 0 Å². The summed E-state index contributed by atoms with van der Waals surface area (Å²) in [5.74, 6) is -0.0749. The maximum atomic E-state index is 11.7. The second-order valence-corrected chi connectivity index (χ2v) is 5.50. The lowest BCUT2D eigenvalue weighted by atomic mass is 9.75. The number of carbonyl (C=O) groups is 1. The molecule has 0 heterocycles. The van der Waals surface area contributed by atoms with Gasteiger partial charge in [-0.25, -0.2) is 0 Å². The molecule has 0 radical (unpaired) electrons. The van der Waals surface area contributed by atoms with Crippen molar-refractivity contribution in [3.63, 3.8) is 0 Å². The molecule has 3 heteroatoms. The van der Waals surface area contributed by atoms with Crippen LogP contribution < -0.4 is 5.73 Å². The molecule has 0 atom stereocenters. The predicted octanol–water partition coefficient (Wildman–Crippen LogP) is 2.52. The fourth-order valence-electron chi connectivity index (χ4n) is 2.68. The molecule has 2 aliphatic carbocycles. The van der Waals surface area contributed by atoms with E-state index >= 15 is 0 Å². The minimum Gasteiger partial charge on any atom is -0.462 e. The summed E-state index contributed by atoms with van der Waals surface area (Å²) in [4.78, 5) is 11.7. The van der Waals surface area contributed by atoms with Crippen LogP contribution in [0.2, 0.25) is 0 Å². The van der Waals surface area contributed by atoms with Crippen molar-refractivity contribution in [1.82, 2.24) is 0 Å². The summed E-state index contributed by atoms with van der Waals surface area (Å²) >= 11 is 0. The Kier molecular flexibility index (Phi) is 3.85. The van der Waals surface area contributed by atoms with Crippen molar-refractivity contribution in [2.75, 3.05) is 0 Å². The Hall–Kier alpha value is -0.570. The maximum absolute atomic E-state index is 11.7. The van der Waals surface area contributed by atoms with Crippen LogP contribution in [-0.4, -0.2) is 17.6 Å². The van der Waals surface area contributed by atoms with Gasteiger partial charge in [-0.1, -0.05) is 12.8 Å². The molecule has 3 nitrogen and oxygen atoms in total. The lowest BCUT2D eigenvalue weighted by molar-refractivity contribution is -0.151. The zero-order chi connectivity index (χ0) is 11.4. The number of esters is 1. The highest BCUT2D eigenvalue weighted by Gasteiger charge is 2.35. The van der Waals surface area contributed by atoms with Gasteiger partial charge in [0.05, 0.1) is 6.42 Å². The molecular formula is C13H23NO2. The van der Waals surface area contributed by atoms with Crippen molar-refractivity contribution >= 4 is 5.97 Å². The number of ether oxygens (including phenoxy) is 1. The topological polar surface area (TPSA) is 52.3 Å². The van der Waals surface area contributed by atoms with Gasteiger partial charge in [0, 0.05) is 5.54 Å². The van der Waals surface area contributed by atoms with Crippen molar-refractivity contribution < 1.29 is 9.53 Å². The van der Waals surface area contributed by atoms with E-state index in [-0.39, 0.29) is 17.6 Å². The van der Waals surface area contributed by atoms with Gasteiger partial charge < -0.3 is 10.5 Å². The van der Waals surface area contributed by atoms with Crippen LogP contribution in [-0.2, 0) is 9.53 Å². The zero-order valence-electron chi connectivity index (χ0n) is 10.0. The van der Waals surface area contributed by atoms with E-state index in [2.05, 4.69) is 0 Å². The molecule has 92 valence electrons. The summed E-state index contributed by atoms with van der Waals surface area (Å²) < 4.78 is 5.52. The summed E-state index contributed by atoms with van der Waals surface area (Å²) in [6, 6.07) is 0. The molecule has 2 fully saturated rings. The second kappa shape index (κ2) is 5.17. The van der Waals surface area contributed by atoms with Crippen LogP contribution in [0.3, 0.4) is 0 Å². The van der Waals surface area contributed by atoms with Crippen LogP contribution >= 0.6 is 0 Å². The smallest absolute Gasteiger partial charge is 0.307 e. The number of carbonyl (C=O) groups excluding carboxylic acids is 1. The Morgan fingerprint density at radius 1 is 1.12 bits per heavy atom. The van der Waals surface area contributed by atoms with E-state index in [4.69, 9.17) is 10.5 Å². The molecule has 0 unspecified atom stereocenters. The Balaban J connectivity index is 1.73. The molecule has 2 aliphatic rings. The van der Waals surface area contributed by atoms with Crippen LogP contribution in [0.4, 0.5) is 0 Å². The minimum atomic E-state index is -0.234. The average Bonchev–Trinajstić information content (AvgIpc) is 2.44. The van der Waals surface area contributed by atoms with Gasteiger partial charge in [-0.2, -0.15) is 0 Å². The summed E-state index contributed by atoms with van der Waals surface area (Å²) in [6.45, 7) is 0. The van der Waals surface area contributed by atoms with E-state index in [1.54, 1.807) is 0 Å². The van der Waals surface area contributed by atoms with Crippen molar-refractivity contribution in [2.24, 2.45) is 5.73 Å². The number of hydrogen-bond acceptors (Lipinski definition) is 3. The summed E-state index contributed by atoms with van der Waals surface area (Å²) in [5.41, 5.74) is 5.80. The Labute approximate surface area is 97.7 Å². The molecule has 2 N–H and O–H groups in total. The quantitative estimate of drug-likeness (QED) is 0.593. The molecule has 16 heavy (non-hydrogen) atoms. The average molecular weight is 225 g/mol. The largest absolute Gasteiger partial charge is 0.462 e. The number of nitrogens with two attached hydrogens (primary N) is 1. The monoisotopic (exact) mass is 225 g/mol. The van der Waals surface area contributed by atoms with E-state index in [9.17, 15) is 4.79 Å². The molecule has 0 bridgehead atoms. The van der Waals surface area contributed by atoms with Crippen molar-refractivity contribution in [1.29, 1.82) is 0 Å². The maximum Gasteiger partial charge on any atom is 0.307 e. The first kappa shape index (κ1) is 11.9. The van der Waals surface area contributed by atoms with Crippen LogP contribution in [0.15, 0.2) is 0 Å². The normalized spacial score (nSPS) is 25.6. The Morgan fingerprint density at radius 2 is 1.75 bits per heavy atom. The third-order valence-corrected chi connectivity index (χ3v) is 3.95. The summed E-state index contributed by atoms with van der Waals surface area (Å²) in [5, 5.41) is 0. The van der Waals surface area contributed by atoms with E-state index in [1.165, 1.54) is 25.7 Å². The standard InChI is InChI=1S/C13H23NO2/c14-13(8-5-9-13)10-12(15)16-11-6-3-1-2-4-7-11/h11H,1-10,14H2. The minimum absolute atomic E-state index is 0.0749. The van der Waals surface area contributed by atoms with Gasteiger partial charge in [0.25, 0.3) is 0 Å². The van der Waals surface area contributed by atoms with Crippen molar-refractivity contribution in [3.8, 4) is 0 Å². The Bertz CT molecular complexity index is 240. The molecule has 0 aromatic carbocycles. The lowest BCUT2D eigenvalue weighted by Gasteiger charge is -2.37. The fraction of sp³-hybridized carbons (Fsp3) is 0.923. The Morgan fingerprint density at radius 3 is 2.25 bits per heavy atom. The lowest BCUT2D eigenvalue weighted by Crippen LogP contribution is -2.48. The zero-order valence-corrected chi connectivity index (χ0v) is 10.0. The molecule has 0 aromatic heterocycles. The second-order valence-electron chi connectivity index (χ2n) is 5.50. The SMILES string of the molecule is NC1(CC(=O)OC2CCCCCC2)CCC1. The van der Waals surface area contributed by atoms with Crippen LogP contribution in [0, 0.1) is 0 Å². The van der Waals surface area contributed by atoms with E-state index in [0.29, 0.717) is 6.42 Å². The van der Waals surface area contributed by atoms with E-state index < -0.39 is 0 Å². The molecule has 0 aromatic rings. The highest BCUT2D eigenvalue weighted by molar-refractivity contribution is 5.71. The van der Waals surface area contributed by atoms with Gasteiger partial charge in [-0.05, 0) is 44.9 Å². The number of rotatable bonds is 3. The predicted molar refractivity (Wildman–Crippen MR) is 63.0 cm³/mol.